The van der Waals surface area contributed by atoms with E-state index in [1.165, 1.54) is 0 Å². The van der Waals surface area contributed by atoms with Crippen LogP contribution in [0.5, 0.6) is 11.6 Å². The van der Waals surface area contributed by atoms with E-state index in [0.29, 0.717) is 17.8 Å². The van der Waals surface area contributed by atoms with Crippen molar-refractivity contribution in [2.24, 2.45) is 0 Å². The fraction of sp³-hybridized carbons (Fsp3) is 0.182. The second-order valence-corrected chi connectivity index (χ2v) is 6.95. The highest BCUT2D eigenvalue weighted by molar-refractivity contribution is 5.63. The smallest absolute Gasteiger partial charge is 0.219 e. The van der Waals surface area contributed by atoms with Crippen molar-refractivity contribution in [1.82, 2.24) is 14.4 Å². The van der Waals surface area contributed by atoms with Crippen LogP contribution in [0.15, 0.2) is 60.8 Å². The van der Waals surface area contributed by atoms with Crippen LogP contribution in [-0.4, -0.2) is 24.6 Å². The summed E-state index contributed by atoms with van der Waals surface area (Å²) in [5.41, 5.74) is 4.88. The normalized spacial score (nSPS) is 11.4. The Morgan fingerprint density at radius 2 is 1.63 bits per heavy atom. The van der Waals surface area contributed by atoms with E-state index in [1.54, 1.807) is 16.5 Å². The first-order chi connectivity index (χ1) is 13.0. The first-order valence-corrected chi connectivity index (χ1v) is 8.97. The number of fused-ring (bicyclic) bond motifs is 1. The van der Waals surface area contributed by atoms with Crippen molar-refractivity contribution in [3.63, 3.8) is 0 Å². The van der Waals surface area contributed by atoms with E-state index in [0.717, 1.165) is 22.5 Å². The number of imidazole rings is 1. The summed E-state index contributed by atoms with van der Waals surface area (Å²) in [5.74, 6) is 0.510. The summed E-state index contributed by atoms with van der Waals surface area (Å²) >= 11 is 0. The second-order valence-electron chi connectivity index (χ2n) is 6.95. The molecule has 2 aromatic heterocycles. The first kappa shape index (κ1) is 17.1. The molecule has 2 N–H and O–H groups in total. The Balaban J connectivity index is 1.85. The summed E-state index contributed by atoms with van der Waals surface area (Å²) < 4.78 is 1.72. The molecule has 2 heterocycles. The highest BCUT2D eigenvalue weighted by Gasteiger charge is 2.19. The Bertz CT molecular complexity index is 1080. The van der Waals surface area contributed by atoms with Gasteiger partial charge in [0.05, 0.1) is 11.4 Å². The number of phenols is 1. The van der Waals surface area contributed by atoms with E-state index < -0.39 is 0 Å². The predicted octanol–water partition coefficient (Wildman–Crippen LogP) is 4.52. The molecule has 0 aliphatic rings. The van der Waals surface area contributed by atoms with Crippen LogP contribution in [0.2, 0.25) is 0 Å². The molecule has 4 aromatic rings. The largest absolute Gasteiger partial charge is 0.508 e. The molecule has 5 heteroatoms. The van der Waals surface area contributed by atoms with Gasteiger partial charge in [-0.25, -0.2) is 9.97 Å². The standard InChI is InChI=1S/C22H21N3O2/c1-14(2)20-21-24-18(12-15-8-10-17(26)11-9-15)22(27)25(21)13-19(23-20)16-6-4-3-5-7-16/h3-11,13-14,26-27H,12H2,1-2H3. The molecular weight excluding hydrogens is 338 g/mol. The third-order valence-electron chi connectivity index (χ3n) is 4.60. The molecule has 2 aromatic carbocycles. The topological polar surface area (TPSA) is 70.7 Å². The van der Waals surface area contributed by atoms with Gasteiger partial charge in [-0.05, 0) is 23.6 Å². The summed E-state index contributed by atoms with van der Waals surface area (Å²) in [7, 11) is 0. The van der Waals surface area contributed by atoms with Crippen molar-refractivity contribution in [2.75, 3.05) is 0 Å². The average Bonchev–Trinajstić information content (AvgIpc) is 2.99. The van der Waals surface area contributed by atoms with E-state index in [4.69, 9.17) is 4.98 Å². The van der Waals surface area contributed by atoms with Gasteiger partial charge in [0.25, 0.3) is 0 Å². The van der Waals surface area contributed by atoms with Crippen molar-refractivity contribution in [3.05, 3.63) is 77.7 Å². The molecular formula is C22H21N3O2. The average molecular weight is 359 g/mol. The fourth-order valence-corrected chi connectivity index (χ4v) is 3.17. The molecule has 0 radical (unpaired) electrons. The van der Waals surface area contributed by atoms with Gasteiger partial charge in [-0.3, -0.25) is 4.40 Å². The van der Waals surface area contributed by atoms with Crippen LogP contribution in [0.4, 0.5) is 0 Å². The van der Waals surface area contributed by atoms with Crippen molar-refractivity contribution in [2.45, 2.75) is 26.2 Å². The lowest BCUT2D eigenvalue weighted by atomic mass is 10.1. The molecule has 0 aliphatic carbocycles. The van der Waals surface area contributed by atoms with Crippen LogP contribution in [0, 0.1) is 0 Å². The van der Waals surface area contributed by atoms with Gasteiger partial charge < -0.3 is 10.2 Å². The molecule has 0 aliphatic heterocycles. The van der Waals surface area contributed by atoms with Gasteiger partial charge in [-0.2, -0.15) is 0 Å². The number of aromatic hydroxyl groups is 2. The van der Waals surface area contributed by atoms with Crippen LogP contribution in [0.3, 0.4) is 0 Å². The lowest BCUT2D eigenvalue weighted by molar-refractivity contribution is 0.442. The SMILES string of the molecule is CC(C)c1nc(-c2ccccc2)cn2c(O)c(Cc3ccc(O)cc3)nc12. The molecule has 136 valence electrons. The third-order valence-corrected chi connectivity index (χ3v) is 4.60. The summed E-state index contributed by atoms with van der Waals surface area (Å²) in [5, 5.41) is 20.3. The number of rotatable bonds is 4. The van der Waals surface area contributed by atoms with Gasteiger partial charge in [-0.15, -0.1) is 0 Å². The Hall–Kier alpha value is -3.34. The maximum Gasteiger partial charge on any atom is 0.219 e. The molecule has 0 bridgehead atoms. The maximum absolute atomic E-state index is 10.8. The molecule has 0 amide bonds. The predicted molar refractivity (Wildman–Crippen MR) is 105 cm³/mol. The van der Waals surface area contributed by atoms with Gasteiger partial charge in [0.2, 0.25) is 5.88 Å². The number of aromatic nitrogens is 3. The zero-order chi connectivity index (χ0) is 19.0. The molecule has 4 rings (SSSR count). The van der Waals surface area contributed by atoms with Crippen LogP contribution in [0.25, 0.3) is 16.9 Å². The van der Waals surface area contributed by atoms with Gasteiger partial charge in [0.1, 0.15) is 11.4 Å². The Labute approximate surface area is 157 Å². The van der Waals surface area contributed by atoms with Gasteiger partial charge >= 0.3 is 0 Å². The van der Waals surface area contributed by atoms with Gasteiger partial charge in [0, 0.05) is 18.2 Å². The Morgan fingerprint density at radius 1 is 0.926 bits per heavy atom. The van der Waals surface area contributed by atoms with Gasteiger partial charge in [-0.1, -0.05) is 56.3 Å². The minimum Gasteiger partial charge on any atom is -0.508 e. The highest BCUT2D eigenvalue weighted by Crippen LogP contribution is 2.30. The van der Waals surface area contributed by atoms with E-state index in [-0.39, 0.29) is 17.5 Å². The molecule has 0 spiro atoms. The van der Waals surface area contributed by atoms with E-state index in [2.05, 4.69) is 18.8 Å². The lowest BCUT2D eigenvalue weighted by Gasteiger charge is -2.10. The summed E-state index contributed by atoms with van der Waals surface area (Å²) in [6.45, 7) is 4.14. The number of nitrogens with zero attached hydrogens (tertiary/aromatic N) is 3. The van der Waals surface area contributed by atoms with Crippen LogP contribution in [0.1, 0.15) is 36.7 Å². The molecule has 0 saturated heterocycles. The monoisotopic (exact) mass is 359 g/mol. The molecule has 0 saturated carbocycles. The second kappa shape index (κ2) is 6.76. The number of benzene rings is 2. The molecule has 27 heavy (non-hydrogen) atoms. The molecule has 0 fully saturated rings. The van der Waals surface area contributed by atoms with Crippen molar-refractivity contribution < 1.29 is 10.2 Å². The van der Waals surface area contributed by atoms with Gasteiger partial charge in [0.15, 0.2) is 5.65 Å². The third kappa shape index (κ3) is 3.24. The van der Waals surface area contributed by atoms with Crippen molar-refractivity contribution >= 4 is 5.65 Å². The zero-order valence-electron chi connectivity index (χ0n) is 15.3. The van der Waals surface area contributed by atoms with Crippen LogP contribution < -0.4 is 0 Å². The molecule has 0 atom stereocenters. The lowest BCUT2D eigenvalue weighted by Crippen LogP contribution is -2.01. The number of phenolic OH excluding ortho intramolecular Hbond substituents is 1. The maximum atomic E-state index is 10.8. The quantitative estimate of drug-likeness (QED) is 0.562. The summed E-state index contributed by atoms with van der Waals surface area (Å²) in [4.78, 5) is 9.49. The Kier molecular flexibility index (Phi) is 4.28. The van der Waals surface area contributed by atoms with Crippen LogP contribution in [-0.2, 0) is 6.42 Å². The Morgan fingerprint density at radius 3 is 2.30 bits per heavy atom. The minimum absolute atomic E-state index is 0.125. The molecule has 0 unspecified atom stereocenters. The zero-order valence-corrected chi connectivity index (χ0v) is 15.3. The van der Waals surface area contributed by atoms with Crippen molar-refractivity contribution in [3.8, 4) is 22.9 Å². The summed E-state index contributed by atoms with van der Waals surface area (Å²) in [6, 6.07) is 16.8. The minimum atomic E-state index is 0.125. The van der Waals surface area contributed by atoms with Crippen LogP contribution >= 0.6 is 0 Å². The summed E-state index contributed by atoms with van der Waals surface area (Å²) in [6.07, 6.45) is 2.31. The highest BCUT2D eigenvalue weighted by atomic mass is 16.3. The fourth-order valence-electron chi connectivity index (χ4n) is 3.17. The van der Waals surface area contributed by atoms with E-state index >= 15 is 0 Å². The van der Waals surface area contributed by atoms with Crippen molar-refractivity contribution in [1.29, 1.82) is 0 Å². The number of hydrogen-bond acceptors (Lipinski definition) is 4. The molecule has 5 nitrogen and oxygen atoms in total. The number of hydrogen-bond donors (Lipinski definition) is 2. The van der Waals surface area contributed by atoms with E-state index in [9.17, 15) is 10.2 Å². The first-order valence-electron chi connectivity index (χ1n) is 8.97. The van der Waals surface area contributed by atoms with E-state index in [1.807, 2.05) is 48.7 Å².